The normalized spacial score (nSPS) is 17.5. The van der Waals surface area contributed by atoms with Crippen molar-refractivity contribution in [1.82, 2.24) is 9.62 Å². The van der Waals surface area contributed by atoms with Gasteiger partial charge in [0, 0.05) is 30.3 Å². The molecule has 3 rings (SSSR count). The van der Waals surface area contributed by atoms with Crippen LogP contribution in [0.2, 0.25) is 0 Å². The van der Waals surface area contributed by atoms with E-state index in [0.29, 0.717) is 31.7 Å². The number of nitrogens with zero attached hydrogens (tertiary/aromatic N) is 1. The Morgan fingerprint density at radius 1 is 1.17 bits per heavy atom. The first-order valence-electron chi connectivity index (χ1n) is 10.0. The van der Waals surface area contributed by atoms with E-state index in [1.807, 2.05) is 0 Å². The van der Waals surface area contributed by atoms with Crippen LogP contribution in [0, 0.1) is 12.8 Å². The van der Waals surface area contributed by atoms with Gasteiger partial charge in [-0.3, -0.25) is 4.79 Å². The predicted octanol–water partition coefficient (Wildman–Crippen LogP) is 3.31. The number of ether oxygens (including phenoxy) is 1. The molecule has 0 bridgehead atoms. The molecule has 162 valence electrons. The minimum absolute atomic E-state index is 0.0749. The first-order valence-corrected chi connectivity index (χ1v) is 12.4. The Bertz CT molecular complexity index is 944. The first-order chi connectivity index (χ1) is 14.4. The van der Waals surface area contributed by atoms with Crippen molar-refractivity contribution in [3.05, 3.63) is 54.1 Å². The summed E-state index contributed by atoms with van der Waals surface area (Å²) in [6.45, 7) is 3.25. The molecule has 2 aromatic rings. The number of nitrogens with one attached hydrogen (secondary N) is 1. The van der Waals surface area contributed by atoms with Gasteiger partial charge in [-0.25, -0.2) is 8.42 Å². The van der Waals surface area contributed by atoms with Crippen LogP contribution in [0.1, 0.15) is 18.4 Å². The van der Waals surface area contributed by atoms with Crippen LogP contribution in [0.25, 0.3) is 0 Å². The molecule has 1 aliphatic rings. The van der Waals surface area contributed by atoms with Crippen LogP contribution in [0.5, 0.6) is 5.75 Å². The fourth-order valence-electron chi connectivity index (χ4n) is 3.39. The van der Waals surface area contributed by atoms with Crippen LogP contribution in [0.3, 0.4) is 0 Å². The lowest BCUT2D eigenvalue weighted by atomic mass is 9.99. The van der Waals surface area contributed by atoms with E-state index in [4.69, 9.17) is 4.74 Å². The van der Waals surface area contributed by atoms with Crippen LogP contribution in [0.15, 0.2) is 58.3 Å². The zero-order chi connectivity index (χ0) is 21.6. The monoisotopic (exact) mass is 448 g/mol. The molecule has 30 heavy (non-hydrogen) atoms. The molecular weight excluding hydrogens is 420 g/mol. The van der Waals surface area contributed by atoms with E-state index in [-0.39, 0.29) is 23.3 Å². The van der Waals surface area contributed by atoms with Crippen molar-refractivity contribution in [2.45, 2.75) is 29.6 Å². The van der Waals surface area contributed by atoms with Gasteiger partial charge in [-0.15, -0.1) is 11.8 Å². The largest absolute Gasteiger partial charge is 0.497 e. The lowest BCUT2D eigenvalue weighted by Crippen LogP contribution is -2.45. The molecule has 6 nitrogen and oxygen atoms in total. The third-order valence-corrected chi connectivity index (χ3v) is 8.04. The minimum Gasteiger partial charge on any atom is -0.497 e. The second-order valence-corrected chi connectivity index (χ2v) is 10.4. The van der Waals surface area contributed by atoms with Gasteiger partial charge in [0.25, 0.3) is 0 Å². The number of methoxy groups -OCH3 is 1. The first kappa shape index (κ1) is 22.7. The van der Waals surface area contributed by atoms with Crippen LogP contribution in [0.4, 0.5) is 0 Å². The smallest absolute Gasteiger partial charge is 0.243 e. The standard InChI is InChI=1S/C22H28N2O4S2/c1-17-5-9-20(10-6-17)29-15-13-23-22(25)18-4-3-14-24(16-18)30(26,27)21-11-7-19(28-2)8-12-21/h5-12,18H,3-4,13-16H2,1-2H3,(H,23,25). The molecular formula is C22H28N2O4S2. The number of hydrogen-bond acceptors (Lipinski definition) is 5. The van der Waals surface area contributed by atoms with Crippen LogP contribution >= 0.6 is 11.8 Å². The molecule has 2 aromatic carbocycles. The maximum absolute atomic E-state index is 12.9. The maximum Gasteiger partial charge on any atom is 0.243 e. The van der Waals surface area contributed by atoms with Crippen molar-refractivity contribution in [2.24, 2.45) is 5.92 Å². The van der Waals surface area contributed by atoms with E-state index in [9.17, 15) is 13.2 Å². The van der Waals surface area contributed by atoms with Gasteiger partial charge < -0.3 is 10.1 Å². The third-order valence-electron chi connectivity index (χ3n) is 5.14. The summed E-state index contributed by atoms with van der Waals surface area (Å²) in [5, 5.41) is 2.96. The van der Waals surface area contributed by atoms with E-state index < -0.39 is 10.0 Å². The van der Waals surface area contributed by atoms with Crippen molar-refractivity contribution in [2.75, 3.05) is 32.5 Å². The number of carbonyl (C=O) groups excluding carboxylic acids is 1. The molecule has 0 spiro atoms. The van der Waals surface area contributed by atoms with Gasteiger partial charge in [-0.2, -0.15) is 4.31 Å². The molecule has 1 saturated heterocycles. The summed E-state index contributed by atoms with van der Waals surface area (Å²) in [4.78, 5) is 14.0. The van der Waals surface area contributed by atoms with Gasteiger partial charge in [0.05, 0.1) is 17.9 Å². The van der Waals surface area contributed by atoms with Crippen molar-refractivity contribution in [3.8, 4) is 5.75 Å². The molecule has 1 fully saturated rings. The lowest BCUT2D eigenvalue weighted by Gasteiger charge is -2.31. The minimum atomic E-state index is -3.62. The van der Waals surface area contributed by atoms with Gasteiger partial charge >= 0.3 is 0 Å². The second kappa shape index (κ2) is 10.3. The molecule has 1 unspecified atom stereocenters. The number of benzene rings is 2. The fraction of sp³-hybridized carbons (Fsp3) is 0.409. The number of sulfonamides is 1. The Balaban J connectivity index is 1.51. The molecule has 1 amide bonds. The summed E-state index contributed by atoms with van der Waals surface area (Å²) >= 11 is 1.69. The number of amides is 1. The fourth-order valence-corrected chi connectivity index (χ4v) is 5.69. The van der Waals surface area contributed by atoms with Gasteiger partial charge in [0.1, 0.15) is 5.75 Å². The van der Waals surface area contributed by atoms with Crippen LogP contribution in [-0.4, -0.2) is 51.1 Å². The van der Waals surface area contributed by atoms with Crippen molar-refractivity contribution < 1.29 is 17.9 Å². The number of piperidine rings is 1. The van der Waals surface area contributed by atoms with Crippen molar-refractivity contribution >= 4 is 27.7 Å². The summed E-state index contributed by atoms with van der Waals surface area (Å²) in [6.07, 6.45) is 1.37. The Hall–Kier alpha value is -2.03. The SMILES string of the molecule is COc1ccc(S(=O)(=O)N2CCCC(C(=O)NCCSc3ccc(C)cc3)C2)cc1. The van der Waals surface area contributed by atoms with E-state index in [2.05, 4.69) is 36.5 Å². The van der Waals surface area contributed by atoms with E-state index in [0.717, 1.165) is 5.75 Å². The van der Waals surface area contributed by atoms with Gasteiger partial charge in [0.15, 0.2) is 0 Å². The highest BCUT2D eigenvalue weighted by molar-refractivity contribution is 7.99. The average Bonchev–Trinajstić information content (AvgIpc) is 2.78. The molecule has 1 aliphatic heterocycles. The number of carbonyl (C=O) groups is 1. The van der Waals surface area contributed by atoms with Crippen molar-refractivity contribution in [1.29, 1.82) is 0 Å². The number of thioether (sulfide) groups is 1. The summed E-state index contributed by atoms with van der Waals surface area (Å²) in [5.41, 5.74) is 1.22. The number of rotatable bonds is 8. The molecule has 0 saturated carbocycles. The summed E-state index contributed by atoms with van der Waals surface area (Å²) in [6, 6.07) is 14.6. The quantitative estimate of drug-likeness (QED) is 0.495. The highest BCUT2D eigenvalue weighted by atomic mass is 32.2. The van der Waals surface area contributed by atoms with Crippen LogP contribution in [-0.2, 0) is 14.8 Å². The number of hydrogen-bond donors (Lipinski definition) is 1. The molecule has 1 heterocycles. The highest BCUT2D eigenvalue weighted by Gasteiger charge is 2.33. The Morgan fingerprint density at radius 3 is 2.53 bits per heavy atom. The van der Waals surface area contributed by atoms with E-state index in [1.54, 1.807) is 36.0 Å². The number of aryl methyl sites for hydroxylation is 1. The Labute approximate surface area is 183 Å². The van der Waals surface area contributed by atoms with Crippen molar-refractivity contribution in [3.63, 3.8) is 0 Å². The zero-order valence-electron chi connectivity index (χ0n) is 17.3. The molecule has 1 atom stereocenters. The lowest BCUT2D eigenvalue weighted by molar-refractivity contribution is -0.125. The zero-order valence-corrected chi connectivity index (χ0v) is 19.0. The third kappa shape index (κ3) is 5.77. The molecule has 0 aromatic heterocycles. The molecule has 8 heteroatoms. The van der Waals surface area contributed by atoms with Crippen LogP contribution < -0.4 is 10.1 Å². The molecule has 0 radical (unpaired) electrons. The summed E-state index contributed by atoms with van der Waals surface area (Å²) < 4.78 is 32.4. The second-order valence-electron chi connectivity index (χ2n) is 7.33. The van der Waals surface area contributed by atoms with E-state index in [1.165, 1.54) is 21.9 Å². The van der Waals surface area contributed by atoms with Gasteiger partial charge in [-0.1, -0.05) is 17.7 Å². The summed E-state index contributed by atoms with van der Waals surface area (Å²) in [5.74, 6) is 0.980. The molecule has 1 N–H and O–H groups in total. The highest BCUT2D eigenvalue weighted by Crippen LogP contribution is 2.25. The van der Waals surface area contributed by atoms with Gasteiger partial charge in [0.2, 0.25) is 15.9 Å². The van der Waals surface area contributed by atoms with Gasteiger partial charge in [-0.05, 0) is 56.2 Å². The Morgan fingerprint density at radius 2 is 1.87 bits per heavy atom. The molecule has 0 aliphatic carbocycles. The Kier molecular flexibility index (Phi) is 7.80. The van der Waals surface area contributed by atoms with E-state index >= 15 is 0 Å². The maximum atomic E-state index is 12.9. The topological polar surface area (TPSA) is 75.7 Å². The summed E-state index contributed by atoms with van der Waals surface area (Å²) in [7, 11) is -2.09. The predicted molar refractivity (Wildman–Crippen MR) is 119 cm³/mol. The average molecular weight is 449 g/mol.